The summed E-state index contributed by atoms with van der Waals surface area (Å²) in [6.07, 6.45) is 1.72. The van der Waals surface area contributed by atoms with Gasteiger partial charge in [-0.25, -0.2) is 0 Å². The van der Waals surface area contributed by atoms with Crippen LogP contribution in [-0.2, 0) is 11.3 Å². The van der Waals surface area contributed by atoms with Crippen LogP contribution in [0.1, 0.15) is 4.88 Å². The van der Waals surface area contributed by atoms with Gasteiger partial charge >= 0.3 is 0 Å². The molecule has 0 saturated carbocycles. The van der Waals surface area contributed by atoms with Crippen LogP contribution in [-0.4, -0.2) is 24.0 Å². The molecule has 1 amide bonds. The van der Waals surface area contributed by atoms with Crippen LogP contribution in [0.15, 0.2) is 54.4 Å². The average Bonchev–Trinajstić information content (AvgIpc) is 2.99. The van der Waals surface area contributed by atoms with Crippen molar-refractivity contribution < 1.29 is 9.53 Å². The number of thiophene rings is 1. The first kappa shape index (κ1) is 15.1. The number of ether oxygens (including phenoxy) is 1. The summed E-state index contributed by atoms with van der Waals surface area (Å²) in [5.41, 5.74) is 6.27. The topological polar surface area (TPSA) is 55.6 Å². The Hall–Kier alpha value is -2.27. The highest BCUT2D eigenvalue weighted by atomic mass is 32.1. The molecule has 2 N–H and O–H groups in total. The number of nitrogens with zero attached hydrogens (tertiary/aromatic N) is 1. The third-order valence-electron chi connectivity index (χ3n) is 2.87. The second-order valence-corrected chi connectivity index (χ2v) is 5.53. The van der Waals surface area contributed by atoms with Crippen LogP contribution >= 0.6 is 11.3 Å². The molecule has 110 valence electrons. The fourth-order valence-corrected chi connectivity index (χ4v) is 2.52. The Bertz CT molecular complexity index is 579. The summed E-state index contributed by atoms with van der Waals surface area (Å²) in [6.45, 7) is 4.78. The molecule has 0 aliphatic carbocycles. The zero-order valence-corrected chi connectivity index (χ0v) is 12.5. The quantitative estimate of drug-likeness (QED) is 0.632. The molecule has 1 aromatic heterocycles. The molecule has 2 rings (SSSR count). The Morgan fingerprint density at radius 3 is 2.71 bits per heavy atom. The van der Waals surface area contributed by atoms with E-state index in [1.54, 1.807) is 46.6 Å². The van der Waals surface area contributed by atoms with Crippen molar-refractivity contribution in [2.75, 3.05) is 18.9 Å². The predicted octanol–water partition coefficient (Wildman–Crippen LogP) is 2.92. The number of nitrogen functional groups attached to an aromatic ring is 1. The lowest BCUT2D eigenvalue weighted by Gasteiger charge is -2.20. The molecule has 1 heterocycles. The van der Waals surface area contributed by atoms with Crippen LogP contribution in [0.3, 0.4) is 0 Å². The first-order valence-electron chi connectivity index (χ1n) is 6.58. The van der Waals surface area contributed by atoms with Gasteiger partial charge in [-0.2, -0.15) is 0 Å². The molecular weight excluding hydrogens is 284 g/mol. The molecule has 21 heavy (non-hydrogen) atoms. The highest BCUT2D eigenvalue weighted by Crippen LogP contribution is 2.14. The van der Waals surface area contributed by atoms with E-state index in [-0.39, 0.29) is 12.5 Å². The van der Waals surface area contributed by atoms with Gasteiger partial charge in [-0.15, -0.1) is 17.9 Å². The Kier molecular flexibility index (Phi) is 5.40. The van der Waals surface area contributed by atoms with E-state index in [0.29, 0.717) is 24.5 Å². The minimum absolute atomic E-state index is 0.00311. The molecule has 0 spiro atoms. The van der Waals surface area contributed by atoms with E-state index in [4.69, 9.17) is 10.5 Å². The summed E-state index contributed by atoms with van der Waals surface area (Å²) in [4.78, 5) is 15.1. The van der Waals surface area contributed by atoms with E-state index >= 15 is 0 Å². The smallest absolute Gasteiger partial charge is 0.261 e. The van der Waals surface area contributed by atoms with Gasteiger partial charge < -0.3 is 15.4 Å². The molecule has 0 atom stereocenters. The van der Waals surface area contributed by atoms with Gasteiger partial charge in [0, 0.05) is 17.1 Å². The zero-order chi connectivity index (χ0) is 15.1. The molecule has 0 saturated heterocycles. The molecule has 0 aliphatic rings. The zero-order valence-electron chi connectivity index (χ0n) is 11.7. The third-order valence-corrected chi connectivity index (χ3v) is 3.73. The Morgan fingerprint density at radius 1 is 1.33 bits per heavy atom. The summed E-state index contributed by atoms with van der Waals surface area (Å²) in [6, 6.07) is 11.0. The number of anilines is 1. The summed E-state index contributed by atoms with van der Waals surface area (Å²) >= 11 is 1.63. The maximum atomic E-state index is 12.2. The molecule has 4 nitrogen and oxygen atoms in total. The SMILES string of the molecule is C=CCN(Cc1cccs1)C(=O)COc1ccc(N)cc1. The van der Waals surface area contributed by atoms with Gasteiger partial charge in [0.1, 0.15) is 5.75 Å². The van der Waals surface area contributed by atoms with Crippen molar-refractivity contribution in [1.82, 2.24) is 4.90 Å². The van der Waals surface area contributed by atoms with Crippen LogP contribution in [0.5, 0.6) is 5.75 Å². The van der Waals surface area contributed by atoms with Crippen molar-refractivity contribution in [3.05, 3.63) is 59.3 Å². The number of amides is 1. The van der Waals surface area contributed by atoms with Crippen molar-refractivity contribution >= 4 is 22.9 Å². The van der Waals surface area contributed by atoms with Crippen molar-refractivity contribution in [3.8, 4) is 5.75 Å². The second kappa shape index (κ2) is 7.50. The monoisotopic (exact) mass is 302 g/mol. The molecule has 5 heteroatoms. The van der Waals surface area contributed by atoms with Gasteiger partial charge in [0.2, 0.25) is 0 Å². The first-order chi connectivity index (χ1) is 10.2. The van der Waals surface area contributed by atoms with Crippen LogP contribution in [0.25, 0.3) is 0 Å². The number of carbonyl (C=O) groups is 1. The highest BCUT2D eigenvalue weighted by Gasteiger charge is 2.14. The summed E-state index contributed by atoms with van der Waals surface area (Å²) in [5, 5.41) is 2.00. The maximum absolute atomic E-state index is 12.2. The lowest BCUT2D eigenvalue weighted by atomic mass is 10.3. The molecule has 2 aromatic rings. The Morgan fingerprint density at radius 2 is 2.10 bits per heavy atom. The van der Waals surface area contributed by atoms with Crippen LogP contribution < -0.4 is 10.5 Å². The van der Waals surface area contributed by atoms with Gasteiger partial charge in [0.15, 0.2) is 6.61 Å². The standard InChI is InChI=1S/C16H18N2O2S/c1-2-9-18(11-15-4-3-10-21-15)16(19)12-20-14-7-5-13(17)6-8-14/h2-8,10H,1,9,11-12,17H2. The van der Waals surface area contributed by atoms with Gasteiger partial charge in [-0.3, -0.25) is 4.79 Å². The number of rotatable bonds is 7. The number of hydrogen-bond donors (Lipinski definition) is 1. The minimum atomic E-state index is -0.0693. The lowest BCUT2D eigenvalue weighted by molar-refractivity contribution is -0.133. The van der Waals surface area contributed by atoms with E-state index in [0.717, 1.165) is 4.88 Å². The maximum Gasteiger partial charge on any atom is 0.261 e. The number of hydrogen-bond acceptors (Lipinski definition) is 4. The van der Waals surface area contributed by atoms with Gasteiger partial charge in [0.25, 0.3) is 5.91 Å². The first-order valence-corrected chi connectivity index (χ1v) is 7.46. The number of carbonyl (C=O) groups excluding carboxylic acids is 1. The number of nitrogens with two attached hydrogens (primary N) is 1. The van der Waals surface area contributed by atoms with Crippen molar-refractivity contribution in [2.45, 2.75) is 6.54 Å². The second-order valence-electron chi connectivity index (χ2n) is 4.50. The predicted molar refractivity (Wildman–Crippen MR) is 86.3 cm³/mol. The van der Waals surface area contributed by atoms with Crippen LogP contribution in [0.4, 0.5) is 5.69 Å². The Balaban J connectivity index is 1.91. The molecule has 0 aliphatic heterocycles. The van der Waals surface area contributed by atoms with Crippen molar-refractivity contribution in [2.24, 2.45) is 0 Å². The summed E-state index contributed by atoms with van der Waals surface area (Å²) in [5.74, 6) is 0.562. The van der Waals surface area contributed by atoms with E-state index in [2.05, 4.69) is 6.58 Å². The fraction of sp³-hybridized carbons (Fsp3) is 0.188. The largest absolute Gasteiger partial charge is 0.484 e. The van der Waals surface area contributed by atoms with Gasteiger partial charge in [0.05, 0.1) is 6.54 Å². The lowest BCUT2D eigenvalue weighted by Crippen LogP contribution is -2.34. The third kappa shape index (κ3) is 4.65. The molecule has 0 radical (unpaired) electrons. The fourth-order valence-electron chi connectivity index (χ4n) is 1.80. The van der Waals surface area contributed by atoms with E-state index in [1.165, 1.54) is 0 Å². The summed E-state index contributed by atoms with van der Waals surface area (Å²) in [7, 11) is 0. The van der Waals surface area contributed by atoms with Gasteiger partial charge in [-0.1, -0.05) is 12.1 Å². The summed E-state index contributed by atoms with van der Waals surface area (Å²) < 4.78 is 5.49. The van der Waals surface area contributed by atoms with Crippen molar-refractivity contribution in [1.29, 1.82) is 0 Å². The minimum Gasteiger partial charge on any atom is -0.484 e. The highest BCUT2D eigenvalue weighted by molar-refractivity contribution is 7.09. The van der Waals surface area contributed by atoms with Crippen molar-refractivity contribution in [3.63, 3.8) is 0 Å². The molecule has 0 fully saturated rings. The molecule has 0 unspecified atom stereocenters. The van der Waals surface area contributed by atoms with E-state index in [1.807, 2.05) is 17.5 Å². The van der Waals surface area contributed by atoms with E-state index in [9.17, 15) is 4.79 Å². The Labute approximate surface area is 128 Å². The van der Waals surface area contributed by atoms with Gasteiger partial charge in [-0.05, 0) is 35.7 Å². The normalized spacial score (nSPS) is 10.1. The van der Waals surface area contributed by atoms with E-state index < -0.39 is 0 Å². The average molecular weight is 302 g/mol. The molecule has 0 bridgehead atoms. The molecular formula is C16H18N2O2S. The van der Waals surface area contributed by atoms with Crippen LogP contribution in [0, 0.1) is 0 Å². The van der Waals surface area contributed by atoms with Crippen LogP contribution in [0.2, 0.25) is 0 Å². The molecule has 1 aromatic carbocycles. The number of benzene rings is 1.